The number of amides is 2. The molecule has 6 aromatic rings. The number of ether oxygens (including phenoxy) is 1. The number of alkyl halides is 3. The molecule has 4 aromatic heterocycles. The van der Waals surface area contributed by atoms with E-state index >= 15 is 0 Å². The average molecular weight is 851 g/mol. The van der Waals surface area contributed by atoms with E-state index in [9.17, 15) is 32.1 Å². The van der Waals surface area contributed by atoms with Crippen molar-refractivity contribution in [2.75, 3.05) is 25.1 Å². The second-order valence-corrected chi connectivity index (χ2v) is 15.2. The number of hydrogen-bond donors (Lipinski definition) is 2. The number of esters is 1. The van der Waals surface area contributed by atoms with Gasteiger partial charge in [-0.15, -0.1) is 11.3 Å². The number of nitrogens with zero attached hydrogens (tertiary/aromatic N) is 4. The minimum Gasteiger partial charge on any atom is -0.462 e. The van der Waals surface area contributed by atoms with Gasteiger partial charge in [-0.05, 0) is 37.1 Å². The topological polar surface area (TPSA) is 173 Å². The summed E-state index contributed by atoms with van der Waals surface area (Å²) in [5.74, 6) is -0.892. The van der Waals surface area contributed by atoms with Gasteiger partial charge in [-0.3, -0.25) is 23.7 Å². The Morgan fingerprint density at radius 3 is 2.17 bits per heavy atom. The highest BCUT2D eigenvalue weighted by Gasteiger charge is 2.34. The van der Waals surface area contributed by atoms with Gasteiger partial charge in [0.05, 0.1) is 31.8 Å². The molecular weight excluding hydrogens is 813 g/mol. The summed E-state index contributed by atoms with van der Waals surface area (Å²) in [6.07, 6.45) is -0.539. The standard InChI is InChI=1S/C40H38F3N6O8PS/c1-3-44-39(52)48-34-19-29(37-47-33(25-59-37)40(41,42)43)31(21-45-34)28-18-30-35(50)32(22-49(4-2)36(30)46-20-28)38(51)54-16-11-17-55-58(53,56-23-26-12-7-5-8-13-26)57-24-27-14-9-6-10-15-27/h5-10,12-15,18-22,25H,3-4,11,16-17,23-24H2,1-2H3,(H2,44,45,48,52). The Balaban J connectivity index is 1.20. The van der Waals surface area contributed by atoms with Gasteiger partial charge in [0.1, 0.15) is 22.0 Å². The molecule has 0 bridgehead atoms. The molecule has 308 valence electrons. The van der Waals surface area contributed by atoms with Crippen LogP contribution in [-0.4, -0.2) is 51.3 Å². The predicted molar refractivity (Wildman–Crippen MR) is 215 cm³/mol. The summed E-state index contributed by atoms with van der Waals surface area (Å²) >= 11 is 0.737. The van der Waals surface area contributed by atoms with Crippen molar-refractivity contribution in [2.45, 2.75) is 46.2 Å². The molecule has 59 heavy (non-hydrogen) atoms. The van der Waals surface area contributed by atoms with Crippen LogP contribution in [0.15, 0.2) is 102 Å². The van der Waals surface area contributed by atoms with Crippen molar-refractivity contribution in [2.24, 2.45) is 0 Å². The number of carbonyl (C=O) groups excluding carboxylic acids is 2. The minimum atomic E-state index is -4.70. The number of fused-ring (bicyclic) bond motifs is 1. The lowest BCUT2D eigenvalue weighted by molar-refractivity contribution is -0.140. The van der Waals surface area contributed by atoms with E-state index in [0.29, 0.717) is 13.1 Å². The first-order valence-corrected chi connectivity index (χ1v) is 20.6. The van der Waals surface area contributed by atoms with E-state index in [1.165, 1.54) is 30.7 Å². The van der Waals surface area contributed by atoms with E-state index in [2.05, 4.69) is 25.6 Å². The molecule has 0 aliphatic rings. The van der Waals surface area contributed by atoms with Crippen molar-refractivity contribution in [1.82, 2.24) is 24.8 Å². The lowest BCUT2D eigenvalue weighted by atomic mass is 10.0. The number of pyridine rings is 3. The van der Waals surface area contributed by atoms with Crippen molar-refractivity contribution in [3.8, 4) is 21.7 Å². The normalized spacial score (nSPS) is 11.7. The maximum absolute atomic E-state index is 13.9. The van der Waals surface area contributed by atoms with Crippen LogP contribution in [0.4, 0.5) is 23.8 Å². The largest absolute Gasteiger partial charge is 0.475 e. The highest BCUT2D eigenvalue weighted by Crippen LogP contribution is 2.51. The Morgan fingerprint density at radius 2 is 1.56 bits per heavy atom. The molecule has 14 nitrogen and oxygen atoms in total. The summed E-state index contributed by atoms with van der Waals surface area (Å²) < 4.78 is 78.1. The van der Waals surface area contributed by atoms with Crippen LogP contribution in [0.5, 0.6) is 0 Å². The quantitative estimate of drug-likeness (QED) is 0.0510. The lowest BCUT2D eigenvalue weighted by Gasteiger charge is -2.18. The first-order valence-electron chi connectivity index (χ1n) is 18.3. The second kappa shape index (κ2) is 19.3. The Hall–Kier alpha value is -5.78. The number of hydrogen-bond acceptors (Lipinski definition) is 12. The van der Waals surface area contributed by atoms with E-state index in [4.69, 9.17) is 18.3 Å². The number of carbonyl (C=O) groups is 2. The van der Waals surface area contributed by atoms with Gasteiger partial charge >= 0.3 is 26.0 Å². The molecule has 0 saturated heterocycles. The molecule has 19 heteroatoms. The molecule has 0 aliphatic heterocycles. The molecule has 6 rings (SSSR count). The fourth-order valence-electron chi connectivity index (χ4n) is 5.63. The number of phosphoric acid groups is 1. The van der Waals surface area contributed by atoms with E-state index in [1.54, 1.807) is 42.7 Å². The Kier molecular flexibility index (Phi) is 14.0. The zero-order chi connectivity index (χ0) is 42.0. The van der Waals surface area contributed by atoms with Gasteiger partial charge in [0, 0.05) is 60.2 Å². The highest BCUT2D eigenvalue weighted by atomic mass is 32.1. The minimum absolute atomic E-state index is 0.0251. The van der Waals surface area contributed by atoms with Gasteiger partial charge in [-0.2, -0.15) is 13.2 Å². The number of aromatic nitrogens is 4. The van der Waals surface area contributed by atoms with Crippen molar-refractivity contribution >= 4 is 48.0 Å². The molecule has 0 saturated carbocycles. The smallest absolute Gasteiger partial charge is 0.462 e. The van der Waals surface area contributed by atoms with E-state index in [-0.39, 0.29) is 77.0 Å². The van der Waals surface area contributed by atoms with Crippen molar-refractivity contribution in [3.05, 3.63) is 129 Å². The SMILES string of the molecule is CCNC(=O)Nc1cc(-c2nc(C(F)(F)F)cs2)c(-c2cnc3c(c2)c(=O)c(C(=O)OCCCOP(=O)(OCc2ccccc2)OCc2ccccc2)cn3CC)cn1. The second-order valence-electron chi connectivity index (χ2n) is 12.7. The van der Waals surface area contributed by atoms with Crippen LogP contribution < -0.4 is 16.1 Å². The predicted octanol–water partition coefficient (Wildman–Crippen LogP) is 8.87. The van der Waals surface area contributed by atoms with Gasteiger partial charge in [-0.1, -0.05) is 60.7 Å². The number of benzene rings is 2. The zero-order valence-electron chi connectivity index (χ0n) is 31.7. The third-order valence-corrected chi connectivity index (χ3v) is 10.8. The van der Waals surface area contributed by atoms with E-state index < -0.39 is 37.1 Å². The van der Waals surface area contributed by atoms with Crippen molar-refractivity contribution in [1.29, 1.82) is 0 Å². The number of rotatable bonds is 17. The monoisotopic (exact) mass is 850 g/mol. The number of urea groups is 1. The van der Waals surface area contributed by atoms with Gasteiger partial charge in [0.25, 0.3) is 0 Å². The third kappa shape index (κ3) is 11.0. The summed E-state index contributed by atoms with van der Waals surface area (Å²) in [4.78, 5) is 52.0. The molecule has 2 aromatic carbocycles. The molecular formula is C40H38F3N6O8PS. The van der Waals surface area contributed by atoms with Crippen LogP contribution in [0, 0.1) is 0 Å². The summed E-state index contributed by atoms with van der Waals surface area (Å²) in [7, 11) is -4.07. The van der Waals surface area contributed by atoms with Crippen LogP contribution in [0.2, 0.25) is 0 Å². The van der Waals surface area contributed by atoms with Crippen LogP contribution in [0.3, 0.4) is 0 Å². The maximum atomic E-state index is 13.9. The fourth-order valence-corrected chi connectivity index (χ4v) is 7.68. The molecule has 0 aliphatic carbocycles. The third-order valence-electron chi connectivity index (χ3n) is 8.53. The summed E-state index contributed by atoms with van der Waals surface area (Å²) in [6, 6.07) is 20.4. The molecule has 0 spiro atoms. The number of thiazole rings is 1. The Bertz CT molecular complexity index is 2470. The van der Waals surface area contributed by atoms with Crippen LogP contribution in [0.25, 0.3) is 32.7 Å². The Labute approximate surface area is 340 Å². The lowest BCUT2D eigenvalue weighted by Crippen LogP contribution is -2.28. The molecule has 0 unspecified atom stereocenters. The zero-order valence-corrected chi connectivity index (χ0v) is 33.4. The van der Waals surface area contributed by atoms with Crippen molar-refractivity contribution < 1.29 is 45.6 Å². The average Bonchev–Trinajstić information content (AvgIpc) is 3.75. The first-order chi connectivity index (χ1) is 28.4. The van der Waals surface area contributed by atoms with Crippen LogP contribution in [0.1, 0.15) is 47.4 Å². The maximum Gasteiger partial charge on any atom is 0.475 e. The number of phosphoric ester groups is 1. The molecule has 4 heterocycles. The molecule has 2 amide bonds. The number of halogens is 3. The van der Waals surface area contributed by atoms with Gasteiger partial charge in [0.15, 0.2) is 5.69 Å². The number of nitrogens with one attached hydrogen (secondary N) is 2. The first kappa shape index (κ1) is 42.8. The van der Waals surface area contributed by atoms with Crippen LogP contribution in [-0.2, 0) is 48.8 Å². The van der Waals surface area contributed by atoms with Gasteiger partial charge in [-0.25, -0.2) is 29.1 Å². The van der Waals surface area contributed by atoms with Gasteiger partial charge in [0.2, 0.25) is 5.43 Å². The van der Waals surface area contributed by atoms with Crippen molar-refractivity contribution in [3.63, 3.8) is 0 Å². The van der Waals surface area contributed by atoms with Crippen LogP contribution >= 0.6 is 19.2 Å². The summed E-state index contributed by atoms with van der Waals surface area (Å²) in [5, 5.41) is 5.97. The summed E-state index contributed by atoms with van der Waals surface area (Å²) in [6.45, 7) is 3.67. The van der Waals surface area contributed by atoms with Gasteiger partial charge < -0.3 is 14.6 Å². The van der Waals surface area contributed by atoms with E-state index in [0.717, 1.165) is 27.8 Å². The number of anilines is 1. The molecule has 0 fully saturated rings. The summed E-state index contributed by atoms with van der Waals surface area (Å²) in [5.41, 5.74) is 0.377. The fraction of sp³-hybridized carbons (Fsp3) is 0.250. The highest BCUT2D eigenvalue weighted by molar-refractivity contribution is 7.48. The molecule has 0 atom stereocenters. The number of aryl methyl sites for hydroxylation is 1. The van der Waals surface area contributed by atoms with E-state index in [1.807, 2.05) is 36.4 Å². The molecule has 0 radical (unpaired) electrons. The Morgan fingerprint density at radius 1 is 0.881 bits per heavy atom. The molecule has 2 N–H and O–H groups in total.